The Kier molecular flexibility index (Phi) is 6.51. The summed E-state index contributed by atoms with van der Waals surface area (Å²) in [5.41, 5.74) is 11.0. The maximum absolute atomic E-state index is 6.78. The number of hydrogen-bond acceptors (Lipinski definition) is 2. The molecule has 0 amide bonds. The topological polar surface area (TPSA) is 35.6 Å². The first-order chi connectivity index (χ1) is 20.2. The van der Waals surface area contributed by atoms with E-state index < -0.39 is 0 Å². The lowest BCUT2D eigenvalue weighted by molar-refractivity contribution is 0.881. The summed E-state index contributed by atoms with van der Waals surface area (Å²) in [4.78, 5) is 0. The Balaban J connectivity index is 1.28. The van der Waals surface area contributed by atoms with Crippen LogP contribution >= 0.6 is 11.6 Å². The van der Waals surface area contributed by atoms with E-state index in [1.54, 1.807) is 12.4 Å². The molecule has 196 valence electrons. The molecule has 2 aromatic heterocycles. The van der Waals surface area contributed by atoms with E-state index in [1.807, 2.05) is 46.0 Å². The van der Waals surface area contributed by atoms with Gasteiger partial charge in [0.15, 0.2) is 0 Å². The molecular formula is C36H25ClN4. The summed E-state index contributed by atoms with van der Waals surface area (Å²) in [5, 5.41) is 9.39. The second-order valence-corrected chi connectivity index (χ2v) is 10.3. The normalized spacial score (nSPS) is 11.0. The van der Waals surface area contributed by atoms with Crippen LogP contribution in [0.5, 0.6) is 0 Å². The van der Waals surface area contributed by atoms with E-state index in [9.17, 15) is 0 Å². The lowest BCUT2D eigenvalue weighted by atomic mass is 9.90. The first kappa shape index (κ1) is 24.8. The van der Waals surface area contributed by atoms with Crippen LogP contribution in [0.4, 0.5) is 0 Å². The second kappa shape index (κ2) is 10.8. The minimum Gasteiger partial charge on any atom is -0.241 e. The molecule has 0 saturated carbocycles. The number of nitrogens with zero attached hydrogens (tertiary/aromatic N) is 4. The Morgan fingerprint density at radius 2 is 0.805 bits per heavy atom. The van der Waals surface area contributed by atoms with Gasteiger partial charge in [-0.15, -0.1) is 0 Å². The third kappa shape index (κ3) is 4.97. The summed E-state index contributed by atoms with van der Waals surface area (Å²) in [6, 6.07) is 44.1. The minimum absolute atomic E-state index is 0.699. The van der Waals surface area contributed by atoms with E-state index in [0.29, 0.717) is 5.02 Å². The summed E-state index contributed by atoms with van der Waals surface area (Å²) in [6.45, 7) is 0. The summed E-state index contributed by atoms with van der Waals surface area (Å²) >= 11 is 6.78. The monoisotopic (exact) mass is 548 g/mol. The molecule has 5 heteroatoms. The molecule has 0 N–H and O–H groups in total. The van der Waals surface area contributed by atoms with E-state index in [2.05, 4.69) is 113 Å². The average molecular weight is 549 g/mol. The summed E-state index contributed by atoms with van der Waals surface area (Å²) in [5.74, 6) is 0. The van der Waals surface area contributed by atoms with E-state index in [-0.39, 0.29) is 0 Å². The van der Waals surface area contributed by atoms with E-state index in [4.69, 9.17) is 11.6 Å². The molecule has 41 heavy (non-hydrogen) atoms. The Morgan fingerprint density at radius 3 is 1.17 bits per heavy atom. The quantitative estimate of drug-likeness (QED) is 0.207. The minimum atomic E-state index is 0.699. The van der Waals surface area contributed by atoms with Gasteiger partial charge < -0.3 is 0 Å². The standard InChI is InChI=1S/C36H25ClN4/c37-30-24-28(35-9-3-1-7-33(35)26-11-15-31(16-12-26)40-21-5-19-38-40)23-29(25-30)36-10-4-2-8-34(36)27-13-17-32(18-14-27)41-22-6-20-39-41/h1-25H. The van der Waals surface area contributed by atoms with Crippen molar-refractivity contribution < 1.29 is 0 Å². The highest BCUT2D eigenvalue weighted by molar-refractivity contribution is 6.31. The first-order valence-electron chi connectivity index (χ1n) is 13.4. The molecule has 0 aliphatic heterocycles. The molecule has 7 rings (SSSR count). The third-order valence-corrected chi connectivity index (χ3v) is 7.49. The van der Waals surface area contributed by atoms with Crippen LogP contribution in [0.3, 0.4) is 0 Å². The fourth-order valence-corrected chi connectivity index (χ4v) is 5.54. The van der Waals surface area contributed by atoms with Crippen LogP contribution in [0.2, 0.25) is 5.02 Å². The van der Waals surface area contributed by atoms with Crippen molar-refractivity contribution in [1.29, 1.82) is 0 Å². The molecule has 4 nitrogen and oxygen atoms in total. The molecule has 0 aliphatic carbocycles. The summed E-state index contributed by atoms with van der Waals surface area (Å²) in [7, 11) is 0. The van der Waals surface area contributed by atoms with Gasteiger partial charge in [-0.2, -0.15) is 10.2 Å². The number of halogens is 1. The van der Waals surface area contributed by atoms with Crippen LogP contribution in [0, 0.1) is 0 Å². The van der Waals surface area contributed by atoms with Gasteiger partial charge in [-0.25, -0.2) is 9.36 Å². The summed E-state index contributed by atoms with van der Waals surface area (Å²) < 4.78 is 3.72. The van der Waals surface area contributed by atoms with Crippen molar-refractivity contribution in [3.8, 4) is 55.9 Å². The van der Waals surface area contributed by atoms with Gasteiger partial charge in [-0.05, 0) is 99.1 Å². The van der Waals surface area contributed by atoms with Gasteiger partial charge in [-0.3, -0.25) is 0 Å². The van der Waals surface area contributed by atoms with Crippen LogP contribution in [-0.2, 0) is 0 Å². The largest absolute Gasteiger partial charge is 0.241 e. The molecular weight excluding hydrogens is 524 g/mol. The van der Waals surface area contributed by atoms with Crippen molar-refractivity contribution >= 4 is 11.6 Å². The van der Waals surface area contributed by atoms with Crippen molar-refractivity contribution in [2.45, 2.75) is 0 Å². The molecule has 5 aromatic carbocycles. The van der Waals surface area contributed by atoms with Crippen molar-refractivity contribution in [3.05, 3.63) is 157 Å². The molecule has 0 fully saturated rings. The van der Waals surface area contributed by atoms with Crippen molar-refractivity contribution in [2.24, 2.45) is 0 Å². The van der Waals surface area contributed by atoms with Gasteiger partial charge in [0, 0.05) is 29.8 Å². The number of rotatable bonds is 6. The average Bonchev–Trinajstić information content (AvgIpc) is 3.77. The van der Waals surface area contributed by atoms with Gasteiger partial charge in [0.2, 0.25) is 0 Å². The fraction of sp³-hybridized carbons (Fsp3) is 0. The second-order valence-electron chi connectivity index (χ2n) is 9.81. The highest BCUT2D eigenvalue weighted by Crippen LogP contribution is 2.39. The third-order valence-electron chi connectivity index (χ3n) is 7.27. The Labute approximate surface area is 243 Å². The van der Waals surface area contributed by atoms with Crippen LogP contribution in [0.15, 0.2) is 152 Å². The van der Waals surface area contributed by atoms with Crippen molar-refractivity contribution in [1.82, 2.24) is 19.6 Å². The predicted molar refractivity (Wildman–Crippen MR) is 167 cm³/mol. The molecule has 0 radical (unpaired) electrons. The Hall–Kier alpha value is -5.19. The Morgan fingerprint density at radius 1 is 0.415 bits per heavy atom. The lowest BCUT2D eigenvalue weighted by Gasteiger charge is -2.15. The van der Waals surface area contributed by atoms with Gasteiger partial charge in [0.1, 0.15) is 0 Å². The zero-order valence-corrected chi connectivity index (χ0v) is 22.9. The predicted octanol–water partition coefficient (Wildman–Crippen LogP) is 9.38. The fourth-order valence-electron chi connectivity index (χ4n) is 5.30. The van der Waals surface area contributed by atoms with Crippen LogP contribution < -0.4 is 0 Å². The van der Waals surface area contributed by atoms with Gasteiger partial charge in [0.25, 0.3) is 0 Å². The van der Waals surface area contributed by atoms with E-state index in [1.165, 1.54) is 0 Å². The van der Waals surface area contributed by atoms with E-state index >= 15 is 0 Å². The lowest BCUT2D eigenvalue weighted by Crippen LogP contribution is -1.94. The van der Waals surface area contributed by atoms with Gasteiger partial charge in [0.05, 0.1) is 11.4 Å². The van der Waals surface area contributed by atoms with Gasteiger partial charge in [-0.1, -0.05) is 84.4 Å². The molecule has 0 aliphatic rings. The highest BCUT2D eigenvalue weighted by atomic mass is 35.5. The molecule has 0 atom stereocenters. The number of hydrogen-bond donors (Lipinski definition) is 0. The van der Waals surface area contributed by atoms with Crippen molar-refractivity contribution in [2.75, 3.05) is 0 Å². The molecule has 0 saturated heterocycles. The van der Waals surface area contributed by atoms with Crippen molar-refractivity contribution in [3.63, 3.8) is 0 Å². The molecule has 0 unspecified atom stereocenters. The molecule has 2 heterocycles. The highest BCUT2D eigenvalue weighted by Gasteiger charge is 2.13. The molecule has 7 aromatic rings. The van der Waals surface area contributed by atoms with E-state index in [0.717, 1.165) is 55.9 Å². The molecule has 0 spiro atoms. The van der Waals surface area contributed by atoms with Crippen LogP contribution in [0.1, 0.15) is 0 Å². The Bertz CT molecular complexity index is 1780. The SMILES string of the molecule is Clc1cc(-c2ccccc2-c2ccc(-n3cccn3)cc2)cc(-c2ccccc2-c2ccc(-n3cccn3)cc2)c1. The maximum atomic E-state index is 6.78. The smallest absolute Gasteiger partial charge is 0.0645 e. The van der Waals surface area contributed by atoms with Gasteiger partial charge >= 0.3 is 0 Å². The number of benzene rings is 5. The zero-order chi connectivity index (χ0) is 27.6. The zero-order valence-electron chi connectivity index (χ0n) is 22.1. The maximum Gasteiger partial charge on any atom is 0.0645 e. The van der Waals surface area contributed by atoms with Crippen LogP contribution in [-0.4, -0.2) is 19.6 Å². The first-order valence-corrected chi connectivity index (χ1v) is 13.8. The van der Waals surface area contributed by atoms with Crippen LogP contribution in [0.25, 0.3) is 55.9 Å². The molecule has 0 bridgehead atoms. The summed E-state index contributed by atoms with van der Waals surface area (Å²) in [6.07, 6.45) is 7.47. The number of aromatic nitrogens is 4.